The average Bonchev–Trinajstić information content (AvgIpc) is 2.39. The van der Waals surface area contributed by atoms with Gasteiger partial charge in [-0.2, -0.15) is 0 Å². The Hall–Kier alpha value is -1.51. The van der Waals surface area contributed by atoms with Crippen molar-refractivity contribution in [3.8, 4) is 0 Å². The predicted molar refractivity (Wildman–Crippen MR) is 77.1 cm³/mol. The van der Waals surface area contributed by atoms with E-state index in [-0.39, 0.29) is 5.91 Å². The Morgan fingerprint density at radius 2 is 1.61 bits per heavy atom. The third kappa shape index (κ3) is 4.06. The monoisotopic (exact) mass is 248 g/mol. The van der Waals surface area contributed by atoms with Crippen molar-refractivity contribution in [2.24, 2.45) is 0 Å². The molecule has 18 heavy (non-hydrogen) atoms. The van der Waals surface area contributed by atoms with Crippen molar-refractivity contribution in [1.82, 2.24) is 4.90 Å². The lowest BCUT2D eigenvalue weighted by Gasteiger charge is -2.21. The maximum Gasteiger partial charge on any atom is 0.253 e. The molecule has 0 aromatic heterocycles. The van der Waals surface area contributed by atoms with Crippen molar-refractivity contribution in [1.29, 1.82) is 0 Å². The molecule has 0 radical (unpaired) electrons. The van der Waals surface area contributed by atoms with E-state index in [2.05, 4.69) is 26.1 Å². The lowest BCUT2D eigenvalue weighted by atomic mass is 10.1. The van der Waals surface area contributed by atoms with Crippen LogP contribution in [0.2, 0.25) is 0 Å². The number of amides is 1. The first-order valence-corrected chi connectivity index (χ1v) is 6.86. The smallest absolute Gasteiger partial charge is 0.253 e. The van der Waals surface area contributed by atoms with Gasteiger partial charge in [-0.15, -0.1) is 0 Å². The molecular weight excluding hydrogens is 224 g/mol. The van der Waals surface area contributed by atoms with Crippen LogP contribution in [0.3, 0.4) is 0 Å². The number of benzene rings is 1. The van der Waals surface area contributed by atoms with E-state index in [9.17, 15) is 4.79 Å². The minimum absolute atomic E-state index is 0.141. The van der Waals surface area contributed by atoms with E-state index < -0.39 is 0 Å². The molecule has 1 rings (SSSR count). The van der Waals surface area contributed by atoms with Crippen LogP contribution in [0.1, 0.15) is 44.0 Å². The van der Waals surface area contributed by atoms with E-state index >= 15 is 0 Å². The first kappa shape index (κ1) is 14.6. The van der Waals surface area contributed by atoms with Crippen molar-refractivity contribution >= 4 is 11.6 Å². The molecule has 0 heterocycles. The molecule has 100 valence electrons. The number of hydrogen-bond donors (Lipinski definition) is 1. The van der Waals surface area contributed by atoms with Crippen molar-refractivity contribution in [2.45, 2.75) is 33.6 Å². The largest absolute Gasteiger partial charge is 0.385 e. The molecular formula is C15H24N2O. The third-order valence-electron chi connectivity index (χ3n) is 2.79. The summed E-state index contributed by atoms with van der Waals surface area (Å²) in [6.45, 7) is 8.83. The Kier molecular flexibility index (Phi) is 6.26. The zero-order valence-electron chi connectivity index (χ0n) is 11.7. The minimum Gasteiger partial charge on any atom is -0.385 e. The fourth-order valence-corrected chi connectivity index (χ4v) is 1.97. The van der Waals surface area contributed by atoms with Crippen LogP contribution in [-0.4, -0.2) is 30.4 Å². The number of carbonyl (C=O) groups is 1. The predicted octanol–water partition coefficient (Wildman–Crippen LogP) is 3.38. The Labute approximate surface area is 110 Å². The Balaban J connectivity index is 2.74. The van der Waals surface area contributed by atoms with Gasteiger partial charge in [-0.1, -0.05) is 13.8 Å². The second-order valence-electron chi connectivity index (χ2n) is 4.40. The van der Waals surface area contributed by atoms with E-state index in [4.69, 9.17) is 0 Å². The number of carbonyl (C=O) groups excluding carboxylic acids is 1. The molecule has 0 aliphatic carbocycles. The molecule has 0 saturated carbocycles. The van der Waals surface area contributed by atoms with Gasteiger partial charge in [0.1, 0.15) is 0 Å². The summed E-state index contributed by atoms with van der Waals surface area (Å²) in [7, 11) is 0. The standard InChI is InChI=1S/C15H24N2O/c1-4-11-17(12-5-2)15(18)13-7-9-14(10-8-13)16-6-3/h7-10,16H,4-6,11-12H2,1-3H3. The summed E-state index contributed by atoms with van der Waals surface area (Å²) in [5.74, 6) is 0.141. The number of anilines is 1. The molecule has 0 bridgehead atoms. The zero-order chi connectivity index (χ0) is 13.4. The summed E-state index contributed by atoms with van der Waals surface area (Å²) >= 11 is 0. The van der Waals surface area contributed by atoms with Gasteiger partial charge < -0.3 is 10.2 Å². The Morgan fingerprint density at radius 3 is 2.06 bits per heavy atom. The first-order valence-electron chi connectivity index (χ1n) is 6.86. The molecule has 1 amide bonds. The van der Waals surface area contributed by atoms with Crippen LogP contribution in [0.25, 0.3) is 0 Å². The van der Waals surface area contributed by atoms with Crippen LogP contribution >= 0.6 is 0 Å². The van der Waals surface area contributed by atoms with Gasteiger partial charge in [0.15, 0.2) is 0 Å². The van der Waals surface area contributed by atoms with Crippen molar-refractivity contribution in [3.05, 3.63) is 29.8 Å². The molecule has 1 aromatic carbocycles. The second kappa shape index (κ2) is 7.75. The summed E-state index contributed by atoms with van der Waals surface area (Å²) in [6, 6.07) is 7.73. The lowest BCUT2D eigenvalue weighted by molar-refractivity contribution is 0.0755. The van der Waals surface area contributed by atoms with Gasteiger partial charge in [-0.05, 0) is 44.0 Å². The van der Waals surface area contributed by atoms with Crippen molar-refractivity contribution < 1.29 is 4.79 Å². The lowest BCUT2D eigenvalue weighted by Crippen LogP contribution is -2.32. The van der Waals surface area contributed by atoms with E-state index in [0.717, 1.165) is 43.7 Å². The number of nitrogens with zero attached hydrogens (tertiary/aromatic N) is 1. The maximum atomic E-state index is 12.3. The molecule has 0 atom stereocenters. The van der Waals surface area contributed by atoms with Crippen LogP contribution in [0.5, 0.6) is 0 Å². The van der Waals surface area contributed by atoms with Crippen LogP contribution < -0.4 is 5.32 Å². The summed E-state index contributed by atoms with van der Waals surface area (Å²) in [4.78, 5) is 14.2. The number of rotatable bonds is 7. The van der Waals surface area contributed by atoms with Gasteiger partial charge in [0.2, 0.25) is 0 Å². The van der Waals surface area contributed by atoms with Gasteiger partial charge in [0.05, 0.1) is 0 Å². The minimum atomic E-state index is 0.141. The quantitative estimate of drug-likeness (QED) is 0.802. The molecule has 3 heteroatoms. The summed E-state index contributed by atoms with van der Waals surface area (Å²) in [6.07, 6.45) is 2.00. The van der Waals surface area contributed by atoms with E-state index in [0.29, 0.717) is 0 Å². The number of nitrogens with one attached hydrogen (secondary N) is 1. The number of hydrogen-bond acceptors (Lipinski definition) is 2. The fraction of sp³-hybridized carbons (Fsp3) is 0.533. The van der Waals surface area contributed by atoms with Gasteiger partial charge >= 0.3 is 0 Å². The fourth-order valence-electron chi connectivity index (χ4n) is 1.97. The average molecular weight is 248 g/mol. The second-order valence-corrected chi connectivity index (χ2v) is 4.40. The Morgan fingerprint density at radius 1 is 1.06 bits per heavy atom. The van der Waals surface area contributed by atoms with Crippen LogP contribution in [0, 0.1) is 0 Å². The molecule has 3 nitrogen and oxygen atoms in total. The molecule has 0 saturated heterocycles. The van der Waals surface area contributed by atoms with Gasteiger partial charge in [-0.3, -0.25) is 4.79 Å². The van der Waals surface area contributed by atoms with Gasteiger partial charge in [0, 0.05) is 30.9 Å². The molecule has 1 N–H and O–H groups in total. The van der Waals surface area contributed by atoms with Crippen molar-refractivity contribution in [2.75, 3.05) is 25.0 Å². The molecule has 0 aliphatic heterocycles. The van der Waals surface area contributed by atoms with Crippen LogP contribution in [0.15, 0.2) is 24.3 Å². The van der Waals surface area contributed by atoms with E-state index in [1.807, 2.05) is 29.2 Å². The highest BCUT2D eigenvalue weighted by molar-refractivity contribution is 5.94. The molecule has 0 unspecified atom stereocenters. The first-order chi connectivity index (χ1) is 8.72. The highest BCUT2D eigenvalue weighted by atomic mass is 16.2. The molecule has 0 spiro atoms. The van der Waals surface area contributed by atoms with Gasteiger partial charge in [-0.25, -0.2) is 0 Å². The van der Waals surface area contributed by atoms with Crippen LogP contribution in [-0.2, 0) is 0 Å². The maximum absolute atomic E-state index is 12.3. The highest BCUT2D eigenvalue weighted by Crippen LogP contribution is 2.12. The molecule has 0 aliphatic rings. The zero-order valence-corrected chi connectivity index (χ0v) is 11.7. The van der Waals surface area contributed by atoms with Crippen LogP contribution in [0.4, 0.5) is 5.69 Å². The van der Waals surface area contributed by atoms with Crippen molar-refractivity contribution in [3.63, 3.8) is 0 Å². The summed E-state index contributed by atoms with van der Waals surface area (Å²) in [5.41, 5.74) is 1.84. The summed E-state index contributed by atoms with van der Waals surface area (Å²) in [5, 5.41) is 3.23. The SMILES string of the molecule is CCCN(CCC)C(=O)c1ccc(NCC)cc1. The highest BCUT2D eigenvalue weighted by Gasteiger charge is 2.13. The van der Waals surface area contributed by atoms with E-state index in [1.54, 1.807) is 0 Å². The normalized spacial score (nSPS) is 10.2. The Bertz CT molecular complexity index is 353. The molecule has 0 fully saturated rings. The summed E-state index contributed by atoms with van der Waals surface area (Å²) < 4.78 is 0. The topological polar surface area (TPSA) is 32.3 Å². The van der Waals surface area contributed by atoms with Gasteiger partial charge in [0.25, 0.3) is 5.91 Å². The van der Waals surface area contributed by atoms with E-state index in [1.165, 1.54) is 0 Å². The molecule has 1 aromatic rings. The third-order valence-corrected chi connectivity index (χ3v) is 2.79.